The van der Waals surface area contributed by atoms with Crippen molar-refractivity contribution < 1.29 is 8.78 Å². The Bertz CT molecular complexity index is 845. The summed E-state index contributed by atoms with van der Waals surface area (Å²) in [6.45, 7) is 1.68. The molecule has 2 nitrogen and oxygen atoms in total. The number of imidazole rings is 1. The molecule has 21 heavy (non-hydrogen) atoms. The van der Waals surface area contributed by atoms with Gasteiger partial charge in [0.15, 0.2) is 0 Å². The van der Waals surface area contributed by atoms with E-state index in [9.17, 15) is 8.78 Å². The minimum atomic E-state index is -0.386. The van der Waals surface area contributed by atoms with E-state index >= 15 is 0 Å². The monoisotopic (exact) mass is 370 g/mol. The number of alkyl halides is 1. The molecule has 0 aliphatic heterocycles. The molecule has 1 heterocycles. The predicted octanol–water partition coefficient (Wildman–Crippen LogP) is 5.11. The second-order valence-electron chi connectivity index (χ2n) is 4.69. The summed E-state index contributed by atoms with van der Waals surface area (Å²) >= 11 is 9.08. The van der Waals surface area contributed by atoms with Crippen LogP contribution in [0.5, 0.6) is 0 Å². The van der Waals surface area contributed by atoms with Gasteiger partial charge in [-0.15, -0.1) is 11.6 Å². The molecule has 0 fully saturated rings. The van der Waals surface area contributed by atoms with E-state index < -0.39 is 0 Å². The van der Waals surface area contributed by atoms with Crippen LogP contribution in [0.25, 0.3) is 16.7 Å². The molecule has 0 atom stereocenters. The van der Waals surface area contributed by atoms with E-state index in [4.69, 9.17) is 11.6 Å². The zero-order valence-corrected chi connectivity index (χ0v) is 13.3. The molecule has 0 spiro atoms. The van der Waals surface area contributed by atoms with Gasteiger partial charge >= 0.3 is 0 Å². The van der Waals surface area contributed by atoms with Gasteiger partial charge in [0.2, 0.25) is 0 Å². The Balaban J connectivity index is 2.34. The van der Waals surface area contributed by atoms with Crippen molar-refractivity contribution in [2.24, 2.45) is 0 Å². The topological polar surface area (TPSA) is 17.8 Å². The lowest BCUT2D eigenvalue weighted by atomic mass is 10.2. The molecule has 0 aliphatic carbocycles. The van der Waals surface area contributed by atoms with E-state index in [1.54, 1.807) is 29.7 Å². The molecule has 0 N–H and O–H groups in total. The first kappa shape index (κ1) is 14.5. The molecule has 3 rings (SSSR count). The molecular weight excluding hydrogens is 362 g/mol. The Morgan fingerprint density at radius 2 is 1.95 bits per heavy atom. The fraction of sp³-hybridized carbons (Fsp3) is 0.133. The lowest BCUT2D eigenvalue weighted by Gasteiger charge is -2.09. The minimum Gasteiger partial charge on any atom is -0.295 e. The summed E-state index contributed by atoms with van der Waals surface area (Å²) in [5, 5.41) is 0. The van der Waals surface area contributed by atoms with Crippen LogP contribution in [0.15, 0.2) is 34.8 Å². The van der Waals surface area contributed by atoms with Gasteiger partial charge in [-0.3, -0.25) is 4.57 Å². The number of aryl methyl sites for hydroxylation is 1. The number of fused-ring (bicyclic) bond motifs is 1. The average Bonchev–Trinajstić information content (AvgIpc) is 2.80. The van der Waals surface area contributed by atoms with E-state index in [0.29, 0.717) is 32.6 Å². The van der Waals surface area contributed by atoms with Gasteiger partial charge in [0.25, 0.3) is 0 Å². The van der Waals surface area contributed by atoms with Crippen molar-refractivity contribution in [3.05, 3.63) is 57.8 Å². The van der Waals surface area contributed by atoms with Crippen molar-refractivity contribution in [1.82, 2.24) is 9.55 Å². The summed E-state index contributed by atoms with van der Waals surface area (Å²) in [6, 6.07) is 7.68. The fourth-order valence-electron chi connectivity index (χ4n) is 2.27. The minimum absolute atomic E-state index is 0.171. The van der Waals surface area contributed by atoms with Crippen LogP contribution in [0, 0.1) is 18.6 Å². The van der Waals surface area contributed by atoms with Gasteiger partial charge < -0.3 is 0 Å². The van der Waals surface area contributed by atoms with Crippen LogP contribution in [0.2, 0.25) is 0 Å². The maximum absolute atomic E-state index is 13.8. The number of hydrogen-bond acceptors (Lipinski definition) is 1. The fourth-order valence-corrected chi connectivity index (χ4v) is 2.78. The molecule has 0 unspecified atom stereocenters. The van der Waals surface area contributed by atoms with E-state index in [2.05, 4.69) is 20.9 Å². The molecule has 2 aromatic carbocycles. The van der Waals surface area contributed by atoms with Crippen LogP contribution in [0.1, 0.15) is 11.4 Å². The van der Waals surface area contributed by atoms with Crippen LogP contribution in [0.4, 0.5) is 8.78 Å². The molecule has 0 bridgehead atoms. The Morgan fingerprint density at radius 3 is 2.62 bits per heavy atom. The second kappa shape index (κ2) is 5.39. The Hall–Kier alpha value is -1.46. The SMILES string of the molecule is Cc1cc(-n2c(CCl)nc3cc(Br)c(F)cc32)ccc1F. The molecule has 3 aromatic rings. The number of nitrogens with zero attached hydrogens (tertiary/aromatic N) is 2. The third-order valence-corrected chi connectivity index (χ3v) is 4.13. The maximum Gasteiger partial charge on any atom is 0.139 e. The second-order valence-corrected chi connectivity index (χ2v) is 5.81. The summed E-state index contributed by atoms with van der Waals surface area (Å²) in [5.41, 5.74) is 2.43. The lowest BCUT2D eigenvalue weighted by Crippen LogP contribution is -2.00. The number of benzene rings is 2. The molecule has 108 valence electrons. The molecule has 0 saturated carbocycles. The summed E-state index contributed by atoms with van der Waals surface area (Å²) in [7, 11) is 0. The Morgan fingerprint density at radius 1 is 1.19 bits per heavy atom. The third kappa shape index (κ3) is 2.45. The summed E-state index contributed by atoms with van der Waals surface area (Å²) in [5.74, 6) is 0.0768. The zero-order chi connectivity index (χ0) is 15.1. The van der Waals surface area contributed by atoms with Crippen molar-refractivity contribution >= 4 is 38.6 Å². The Kier molecular flexibility index (Phi) is 3.71. The van der Waals surface area contributed by atoms with Crippen LogP contribution in [-0.2, 0) is 5.88 Å². The first-order valence-corrected chi connectivity index (χ1v) is 7.53. The van der Waals surface area contributed by atoms with E-state index in [0.717, 1.165) is 0 Å². The molecule has 0 saturated heterocycles. The van der Waals surface area contributed by atoms with Crippen molar-refractivity contribution in [3.63, 3.8) is 0 Å². The zero-order valence-electron chi connectivity index (χ0n) is 11.0. The number of rotatable bonds is 2. The van der Waals surface area contributed by atoms with Crippen molar-refractivity contribution in [2.45, 2.75) is 12.8 Å². The van der Waals surface area contributed by atoms with Gasteiger partial charge in [-0.25, -0.2) is 13.8 Å². The number of hydrogen-bond donors (Lipinski definition) is 0. The summed E-state index contributed by atoms with van der Waals surface area (Å²) in [6.07, 6.45) is 0. The first-order chi connectivity index (χ1) is 10.0. The normalized spacial score (nSPS) is 11.3. The predicted molar refractivity (Wildman–Crippen MR) is 83.0 cm³/mol. The molecule has 0 aliphatic rings. The molecule has 1 aromatic heterocycles. The van der Waals surface area contributed by atoms with Crippen LogP contribution < -0.4 is 0 Å². The van der Waals surface area contributed by atoms with Crippen molar-refractivity contribution in [1.29, 1.82) is 0 Å². The van der Waals surface area contributed by atoms with Gasteiger partial charge in [-0.1, -0.05) is 0 Å². The molecule has 0 amide bonds. The Labute approximate surface area is 133 Å². The number of aromatic nitrogens is 2. The smallest absolute Gasteiger partial charge is 0.139 e. The van der Waals surface area contributed by atoms with Gasteiger partial charge in [0.1, 0.15) is 17.5 Å². The van der Waals surface area contributed by atoms with Gasteiger partial charge in [-0.2, -0.15) is 0 Å². The van der Waals surface area contributed by atoms with Crippen LogP contribution >= 0.6 is 27.5 Å². The van der Waals surface area contributed by atoms with Gasteiger partial charge in [-0.05, 0) is 52.7 Å². The summed E-state index contributed by atoms with van der Waals surface area (Å²) in [4.78, 5) is 4.40. The quantitative estimate of drug-likeness (QED) is 0.572. The van der Waals surface area contributed by atoms with E-state index in [1.165, 1.54) is 12.1 Å². The summed E-state index contributed by atoms with van der Waals surface area (Å²) < 4.78 is 29.3. The number of halogens is 4. The average molecular weight is 372 g/mol. The highest BCUT2D eigenvalue weighted by atomic mass is 79.9. The first-order valence-electron chi connectivity index (χ1n) is 6.20. The van der Waals surface area contributed by atoms with Gasteiger partial charge in [0.05, 0.1) is 21.4 Å². The molecule has 6 heteroatoms. The highest BCUT2D eigenvalue weighted by molar-refractivity contribution is 9.10. The standard InChI is InChI=1S/C15H10BrClF2N2/c1-8-4-9(2-3-11(8)18)21-14-6-12(19)10(16)5-13(14)20-15(21)7-17/h2-6H,7H2,1H3. The van der Waals surface area contributed by atoms with Crippen LogP contribution in [0.3, 0.4) is 0 Å². The third-order valence-electron chi connectivity index (χ3n) is 3.29. The highest BCUT2D eigenvalue weighted by Crippen LogP contribution is 2.28. The van der Waals surface area contributed by atoms with Crippen molar-refractivity contribution in [2.75, 3.05) is 0 Å². The van der Waals surface area contributed by atoms with Gasteiger partial charge in [0, 0.05) is 11.8 Å². The van der Waals surface area contributed by atoms with E-state index in [-0.39, 0.29) is 17.5 Å². The maximum atomic E-state index is 13.8. The van der Waals surface area contributed by atoms with Crippen LogP contribution in [-0.4, -0.2) is 9.55 Å². The van der Waals surface area contributed by atoms with E-state index in [1.807, 2.05) is 0 Å². The van der Waals surface area contributed by atoms with Crippen molar-refractivity contribution in [3.8, 4) is 5.69 Å². The largest absolute Gasteiger partial charge is 0.295 e. The highest BCUT2D eigenvalue weighted by Gasteiger charge is 2.15. The molecular formula is C15H10BrClF2N2. The molecule has 0 radical (unpaired) electrons. The lowest BCUT2D eigenvalue weighted by molar-refractivity contribution is 0.617.